The monoisotopic (exact) mass is 336 g/mol. The number of methoxy groups -OCH3 is 1. The molecule has 1 fully saturated rings. The van der Waals surface area contributed by atoms with E-state index in [2.05, 4.69) is 5.32 Å². The first kappa shape index (κ1) is 18.4. The highest BCUT2D eigenvalue weighted by molar-refractivity contribution is 5.88. The predicted molar refractivity (Wildman–Crippen MR) is 93.7 cm³/mol. The Balaban J connectivity index is 2.33. The minimum atomic E-state index is -0.615. The molecule has 24 heavy (non-hydrogen) atoms. The molecular weight excluding hydrogens is 308 g/mol. The molecule has 1 aliphatic carbocycles. The molecule has 6 heteroatoms. The maximum Gasteiger partial charge on any atom is 0.412 e. The van der Waals surface area contributed by atoms with Crippen LogP contribution in [0.1, 0.15) is 52.0 Å². The highest BCUT2D eigenvalue weighted by atomic mass is 16.6. The number of nitrogens with one attached hydrogen (secondary N) is 1. The van der Waals surface area contributed by atoms with Gasteiger partial charge in [-0.2, -0.15) is 0 Å². The molecular formula is C18H28N2O4. The lowest BCUT2D eigenvalue weighted by molar-refractivity contribution is 0.0635. The van der Waals surface area contributed by atoms with Gasteiger partial charge in [-0.1, -0.05) is 6.42 Å². The number of carbonyl (C=O) groups is 1. The third-order valence-electron chi connectivity index (χ3n) is 4.48. The van der Waals surface area contributed by atoms with E-state index in [-0.39, 0.29) is 11.2 Å². The molecule has 0 saturated heterocycles. The Morgan fingerprint density at radius 2 is 2.04 bits per heavy atom. The average Bonchev–Trinajstić information content (AvgIpc) is 2.43. The summed E-state index contributed by atoms with van der Waals surface area (Å²) in [5.74, 6) is 0.233. The van der Waals surface area contributed by atoms with Crippen molar-refractivity contribution >= 4 is 11.8 Å². The van der Waals surface area contributed by atoms with Gasteiger partial charge in [-0.3, -0.25) is 5.32 Å². The Morgan fingerprint density at radius 3 is 2.50 bits per heavy atom. The van der Waals surface area contributed by atoms with E-state index in [0.717, 1.165) is 31.2 Å². The van der Waals surface area contributed by atoms with E-state index < -0.39 is 11.7 Å². The van der Waals surface area contributed by atoms with E-state index in [1.54, 1.807) is 26.8 Å². The summed E-state index contributed by atoms with van der Waals surface area (Å²) in [5.41, 5.74) is 6.49. The zero-order valence-electron chi connectivity index (χ0n) is 14.9. The number of benzene rings is 1. The van der Waals surface area contributed by atoms with Crippen LogP contribution in [-0.4, -0.2) is 30.5 Å². The number of carbonyl (C=O) groups excluding carboxylic acids is 1. The molecule has 1 saturated carbocycles. The lowest BCUT2D eigenvalue weighted by atomic mass is 9.62. The van der Waals surface area contributed by atoms with Crippen LogP contribution in [0.2, 0.25) is 0 Å². The van der Waals surface area contributed by atoms with Crippen LogP contribution < -0.4 is 15.8 Å². The number of phenols is 1. The molecule has 1 amide bonds. The summed E-state index contributed by atoms with van der Waals surface area (Å²) in [5, 5.41) is 12.9. The summed E-state index contributed by atoms with van der Waals surface area (Å²) in [6, 6.07) is 3.64. The lowest BCUT2D eigenvalue weighted by Gasteiger charge is -2.43. The fraction of sp³-hybridized carbons (Fsp3) is 0.611. The topological polar surface area (TPSA) is 93.8 Å². The number of hydrogen-bond acceptors (Lipinski definition) is 5. The number of nitrogens with two attached hydrogens (primary N) is 1. The number of phenolic OH excluding ortho intramolecular Hbond substituents is 1. The Bertz CT molecular complexity index is 604. The number of aromatic hydroxyl groups is 1. The Morgan fingerprint density at radius 1 is 1.38 bits per heavy atom. The number of anilines is 1. The first-order valence-corrected chi connectivity index (χ1v) is 8.32. The first-order valence-electron chi connectivity index (χ1n) is 8.32. The van der Waals surface area contributed by atoms with Crippen LogP contribution in [0.5, 0.6) is 11.5 Å². The number of ether oxygens (including phenoxy) is 2. The van der Waals surface area contributed by atoms with Crippen LogP contribution in [0.3, 0.4) is 0 Å². The third-order valence-corrected chi connectivity index (χ3v) is 4.48. The summed E-state index contributed by atoms with van der Waals surface area (Å²) in [7, 11) is 1.49. The second-order valence-electron chi connectivity index (χ2n) is 7.37. The lowest BCUT2D eigenvalue weighted by Crippen LogP contribution is -2.36. The molecule has 6 nitrogen and oxygen atoms in total. The predicted octanol–water partition coefficient (Wildman–Crippen LogP) is 3.52. The van der Waals surface area contributed by atoms with Gasteiger partial charge in [-0.25, -0.2) is 4.79 Å². The van der Waals surface area contributed by atoms with Gasteiger partial charge < -0.3 is 20.3 Å². The third kappa shape index (κ3) is 3.93. The van der Waals surface area contributed by atoms with Crippen LogP contribution >= 0.6 is 0 Å². The fourth-order valence-corrected chi connectivity index (χ4v) is 3.14. The molecule has 0 spiro atoms. The van der Waals surface area contributed by atoms with Crippen LogP contribution in [0.25, 0.3) is 0 Å². The van der Waals surface area contributed by atoms with Crippen molar-refractivity contribution in [3.63, 3.8) is 0 Å². The van der Waals surface area contributed by atoms with Gasteiger partial charge in [-0.05, 0) is 69.7 Å². The highest BCUT2D eigenvalue weighted by Crippen LogP contribution is 2.49. The number of amides is 1. The highest BCUT2D eigenvalue weighted by Gasteiger charge is 2.39. The minimum Gasteiger partial charge on any atom is -0.503 e. The largest absolute Gasteiger partial charge is 0.503 e. The molecule has 0 aliphatic heterocycles. The first-order chi connectivity index (χ1) is 11.2. The van der Waals surface area contributed by atoms with E-state index in [1.807, 2.05) is 6.07 Å². The molecule has 0 unspecified atom stereocenters. The zero-order valence-corrected chi connectivity index (χ0v) is 14.9. The number of rotatable bonds is 5. The van der Waals surface area contributed by atoms with Crippen molar-refractivity contribution in [1.82, 2.24) is 0 Å². The molecule has 0 bridgehead atoms. The van der Waals surface area contributed by atoms with Crippen LogP contribution in [0.4, 0.5) is 10.5 Å². The van der Waals surface area contributed by atoms with Crippen molar-refractivity contribution in [1.29, 1.82) is 0 Å². The molecule has 134 valence electrons. The normalized spacial score (nSPS) is 16.2. The maximum absolute atomic E-state index is 12.0. The number of hydrogen-bond donors (Lipinski definition) is 3. The van der Waals surface area contributed by atoms with Gasteiger partial charge in [0.2, 0.25) is 0 Å². The molecule has 0 atom stereocenters. The Labute approximate surface area is 143 Å². The van der Waals surface area contributed by atoms with Gasteiger partial charge in [0.05, 0.1) is 12.8 Å². The second kappa shape index (κ2) is 6.89. The second-order valence-corrected chi connectivity index (χ2v) is 7.37. The van der Waals surface area contributed by atoms with E-state index >= 15 is 0 Å². The van der Waals surface area contributed by atoms with Crippen LogP contribution in [0.15, 0.2) is 12.1 Å². The smallest absolute Gasteiger partial charge is 0.412 e. The average molecular weight is 336 g/mol. The summed E-state index contributed by atoms with van der Waals surface area (Å²) in [6.45, 7) is 5.95. The fourth-order valence-electron chi connectivity index (χ4n) is 3.14. The van der Waals surface area contributed by atoms with Crippen LogP contribution in [0, 0.1) is 0 Å². The quantitative estimate of drug-likeness (QED) is 0.715. The summed E-state index contributed by atoms with van der Waals surface area (Å²) in [4.78, 5) is 12.0. The molecule has 4 N–H and O–H groups in total. The van der Waals surface area contributed by atoms with Crippen molar-refractivity contribution in [2.24, 2.45) is 5.73 Å². The summed E-state index contributed by atoms with van der Waals surface area (Å²) < 4.78 is 10.5. The minimum absolute atomic E-state index is 0.0000912. The van der Waals surface area contributed by atoms with E-state index in [9.17, 15) is 9.90 Å². The van der Waals surface area contributed by atoms with Crippen molar-refractivity contribution in [3.8, 4) is 11.5 Å². The Kier molecular flexibility index (Phi) is 5.28. The molecule has 0 heterocycles. The molecule has 0 radical (unpaired) electrons. The van der Waals surface area contributed by atoms with E-state index in [4.69, 9.17) is 15.2 Å². The summed E-state index contributed by atoms with van der Waals surface area (Å²) in [6.07, 6.45) is 3.50. The van der Waals surface area contributed by atoms with Crippen molar-refractivity contribution < 1.29 is 19.4 Å². The van der Waals surface area contributed by atoms with Gasteiger partial charge in [-0.15, -0.1) is 0 Å². The molecule has 1 aliphatic rings. The zero-order chi connectivity index (χ0) is 18.0. The van der Waals surface area contributed by atoms with Gasteiger partial charge in [0.1, 0.15) is 5.60 Å². The maximum atomic E-state index is 12.0. The standard InChI is InChI=1S/C18H28N2O4/c1-17(2,3)24-16(22)20-13-10-12(11-14(23-4)15(13)21)18(8-9-19)6-5-7-18/h10-11,21H,5-9,19H2,1-4H3,(H,20,22). The summed E-state index contributed by atoms with van der Waals surface area (Å²) >= 11 is 0. The van der Waals surface area contributed by atoms with Gasteiger partial charge in [0.15, 0.2) is 11.5 Å². The van der Waals surface area contributed by atoms with Crippen molar-refractivity contribution in [3.05, 3.63) is 17.7 Å². The van der Waals surface area contributed by atoms with Gasteiger partial charge in [0.25, 0.3) is 0 Å². The molecule has 1 aromatic carbocycles. The molecule has 0 aromatic heterocycles. The van der Waals surface area contributed by atoms with Crippen LogP contribution in [-0.2, 0) is 10.2 Å². The van der Waals surface area contributed by atoms with Crippen molar-refractivity contribution in [2.45, 2.75) is 57.5 Å². The van der Waals surface area contributed by atoms with E-state index in [1.165, 1.54) is 7.11 Å². The van der Waals surface area contributed by atoms with Gasteiger partial charge in [0, 0.05) is 0 Å². The van der Waals surface area contributed by atoms with E-state index in [0.29, 0.717) is 18.0 Å². The Hall–Kier alpha value is -1.95. The molecule has 2 rings (SSSR count). The molecule has 1 aromatic rings. The SMILES string of the molecule is COc1cc(C2(CCN)CCC2)cc(NC(=O)OC(C)(C)C)c1O. The van der Waals surface area contributed by atoms with Crippen molar-refractivity contribution in [2.75, 3.05) is 19.0 Å². The van der Waals surface area contributed by atoms with Gasteiger partial charge >= 0.3 is 6.09 Å².